The maximum absolute atomic E-state index is 11.4. The number of hydrogen-bond acceptors (Lipinski definition) is 3. The third kappa shape index (κ3) is 4.37. The minimum absolute atomic E-state index is 0.304. The summed E-state index contributed by atoms with van der Waals surface area (Å²) >= 11 is 0. The van der Waals surface area contributed by atoms with Gasteiger partial charge in [-0.25, -0.2) is 4.79 Å². The first-order valence-electron chi connectivity index (χ1n) is 6.24. The van der Waals surface area contributed by atoms with Crippen LogP contribution in [0.1, 0.15) is 31.9 Å². The quantitative estimate of drug-likeness (QED) is 0.872. The van der Waals surface area contributed by atoms with Crippen LogP contribution in [0.25, 0.3) is 0 Å². The van der Waals surface area contributed by atoms with Crippen LogP contribution in [0.2, 0.25) is 0 Å². The Balaban J connectivity index is 2.67. The van der Waals surface area contributed by atoms with E-state index >= 15 is 0 Å². The van der Waals surface area contributed by atoms with Gasteiger partial charge in [-0.1, -0.05) is 19.1 Å². The van der Waals surface area contributed by atoms with Crippen LogP contribution in [0, 0.1) is 0 Å². The molecule has 0 aromatic heterocycles. The Morgan fingerprint density at radius 3 is 2.78 bits per heavy atom. The number of nitrogens with zero attached hydrogens (tertiary/aromatic N) is 1. The van der Waals surface area contributed by atoms with Gasteiger partial charge in [-0.2, -0.15) is 0 Å². The highest BCUT2D eigenvalue weighted by Crippen LogP contribution is 2.20. The van der Waals surface area contributed by atoms with Gasteiger partial charge >= 0.3 is 6.09 Å². The molecule has 100 valence electrons. The lowest BCUT2D eigenvalue weighted by molar-refractivity contribution is 0.161. The van der Waals surface area contributed by atoms with Gasteiger partial charge in [0.1, 0.15) is 0 Å². The Morgan fingerprint density at radius 2 is 2.17 bits per heavy atom. The highest BCUT2D eigenvalue weighted by molar-refractivity contribution is 5.84. The van der Waals surface area contributed by atoms with Crippen LogP contribution in [0.5, 0.6) is 0 Å². The summed E-state index contributed by atoms with van der Waals surface area (Å²) in [6, 6.07) is 8.12. The van der Waals surface area contributed by atoms with E-state index in [-0.39, 0.29) is 0 Å². The van der Waals surface area contributed by atoms with Crippen LogP contribution in [0.4, 0.5) is 10.5 Å². The molecule has 1 rings (SSSR count). The summed E-state index contributed by atoms with van der Waals surface area (Å²) < 4.78 is 4.98. The number of carbonyl (C=O) groups excluding carboxylic acids is 1. The Hall–Kier alpha value is -1.55. The Kier molecular flexibility index (Phi) is 5.65. The zero-order chi connectivity index (χ0) is 13.5. The molecular weight excluding hydrogens is 228 g/mol. The van der Waals surface area contributed by atoms with Crippen LogP contribution in [0.15, 0.2) is 24.3 Å². The average molecular weight is 250 g/mol. The topological polar surface area (TPSA) is 41.6 Å². The first-order chi connectivity index (χ1) is 8.54. The van der Waals surface area contributed by atoms with Crippen molar-refractivity contribution in [3.8, 4) is 0 Å². The third-order valence-corrected chi connectivity index (χ3v) is 2.83. The lowest BCUT2D eigenvalue weighted by Crippen LogP contribution is -2.17. The number of benzene rings is 1. The fraction of sp³-hybridized carbons (Fsp3) is 0.500. The second kappa shape index (κ2) is 7.01. The molecule has 0 aliphatic carbocycles. The van der Waals surface area contributed by atoms with Gasteiger partial charge in [-0.05, 0) is 45.1 Å². The summed E-state index contributed by atoms with van der Waals surface area (Å²) in [5.41, 5.74) is 1.93. The second-order valence-corrected chi connectivity index (χ2v) is 4.53. The molecule has 0 saturated heterocycles. The number of rotatable bonds is 5. The van der Waals surface area contributed by atoms with Gasteiger partial charge in [0.2, 0.25) is 0 Å². The van der Waals surface area contributed by atoms with Crippen LogP contribution < -0.4 is 5.32 Å². The molecule has 0 bridgehead atoms. The van der Waals surface area contributed by atoms with Crippen LogP contribution >= 0.6 is 0 Å². The molecule has 4 nitrogen and oxygen atoms in total. The molecule has 1 aromatic carbocycles. The smallest absolute Gasteiger partial charge is 0.411 e. The number of amides is 1. The largest absolute Gasteiger partial charge is 0.449 e. The minimum Gasteiger partial charge on any atom is -0.449 e. The first kappa shape index (κ1) is 14.5. The summed E-state index contributed by atoms with van der Waals surface area (Å²) in [5, 5.41) is 2.73. The van der Waals surface area contributed by atoms with Gasteiger partial charge in [-0.3, -0.25) is 5.32 Å². The molecule has 18 heavy (non-hydrogen) atoms. The van der Waals surface area contributed by atoms with Gasteiger partial charge in [0, 0.05) is 11.7 Å². The molecule has 0 heterocycles. The Labute approximate surface area is 109 Å². The van der Waals surface area contributed by atoms with Crippen LogP contribution in [-0.4, -0.2) is 31.7 Å². The molecule has 1 aromatic rings. The van der Waals surface area contributed by atoms with E-state index in [1.807, 2.05) is 45.3 Å². The highest BCUT2D eigenvalue weighted by Gasteiger charge is 2.09. The summed E-state index contributed by atoms with van der Waals surface area (Å²) in [7, 11) is 4.06. The molecule has 0 saturated carbocycles. The number of hydrogen-bond donors (Lipinski definition) is 1. The molecule has 0 aliphatic heterocycles. The van der Waals surface area contributed by atoms with Crippen molar-refractivity contribution in [1.82, 2.24) is 4.90 Å². The lowest BCUT2D eigenvalue weighted by atomic mass is 10.1. The van der Waals surface area contributed by atoms with Crippen molar-refractivity contribution in [3.63, 3.8) is 0 Å². The van der Waals surface area contributed by atoms with Gasteiger partial charge in [-0.15, -0.1) is 0 Å². The SMILES string of the molecule is CCCOC(=O)Nc1cccc(C(C)N(C)C)c1. The van der Waals surface area contributed by atoms with Crippen molar-refractivity contribution in [2.45, 2.75) is 26.3 Å². The fourth-order valence-electron chi connectivity index (χ4n) is 1.52. The standard InChI is InChI=1S/C14H22N2O2/c1-5-9-18-14(17)15-13-8-6-7-12(10-13)11(2)16(3)4/h6-8,10-11H,5,9H2,1-4H3,(H,15,17). The normalized spacial score (nSPS) is 12.3. The van der Waals surface area contributed by atoms with E-state index in [1.54, 1.807) is 0 Å². The van der Waals surface area contributed by atoms with Crippen molar-refractivity contribution in [3.05, 3.63) is 29.8 Å². The summed E-state index contributed by atoms with van der Waals surface area (Å²) in [4.78, 5) is 13.6. The molecule has 1 N–H and O–H groups in total. The highest BCUT2D eigenvalue weighted by atomic mass is 16.5. The molecule has 1 amide bonds. The predicted octanol–water partition coefficient (Wildman–Crippen LogP) is 3.27. The van der Waals surface area contributed by atoms with Gasteiger partial charge in [0.15, 0.2) is 0 Å². The first-order valence-corrected chi connectivity index (χ1v) is 6.24. The maximum atomic E-state index is 11.4. The number of anilines is 1. The van der Waals surface area contributed by atoms with Crippen molar-refractivity contribution in [1.29, 1.82) is 0 Å². The van der Waals surface area contributed by atoms with E-state index in [4.69, 9.17) is 4.74 Å². The molecular formula is C14H22N2O2. The Bertz CT molecular complexity index is 391. The number of nitrogens with one attached hydrogen (secondary N) is 1. The van der Waals surface area contributed by atoms with Gasteiger partial charge in [0.05, 0.1) is 6.61 Å². The molecule has 1 atom stereocenters. The van der Waals surface area contributed by atoms with Crippen molar-refractivity contribution >= 4 is 11.8 Å². The van der Waals surface area contributed by atoms with E-state index in [1.165, 1.54) is 0 Å². The lowest BCUT2D eigenvalue weighted by Gasteiger charge is -2.20. The van der Waals surface area contributed by atoms with Crippen LogP contribution in [-0.2, 0) is 4.74 Å². The second-order valence-electron chi connectivity index (χ2n) is 4.53. The molecule has 0 aliphatic rings. The van der Waals surface area contributed by atoms with E-state index in [2.05, 4.69) is 17.1 Å². The molecule has 1 unspecified atom stereocenters. The molecule has 0 radical (unpaired) electrons. The average Bonchev–Trinajstić information content (AvgIpc) is 2.35. The molecule has 4 heteroatoms. The van der Waals surface area contributed by atoms with Crippen molar-refractivity contribution in [2.24, 2.45) is 0 Å². The predicted molar refractivity (Wildman–Crippen MR) is 73.8 cm³/mol. The zero-order valence-corrected chi connectivity index (χ0v) is 11.6. The van der Waals surface area contributed by atoms with E-state index in [0.717, 1.165) is 17.7 Å². The maximum Gasteiger partial charge on any atom is 0.411 e. The zero-order valence-electron chi connectivity index (χ0n) is 11.6. The summed E-state index contributed by atoms with van der Waals surface area (Å²) in [5.74, 6) is 0. The van der Waals surface area contributed by atoms with Gasteiger partial charge < -0.3 is 9.64 Å². The minimum atomic E-state index is -0.397. The number of carbonyl (C=O) groups is 1. The monoisotopic (exact) mass is 250 g/mol. The third-order valence-electron chi connectivity index (χ3n) is 2.83. The molecule has 0 fully saturated rings. The van der Waals surface area contributed by atoms with E-state index in [9.17, 15) is 4.79 Å². The number of ether oxygens (including phenoxy) is 1. The van der Waals surface area contributed by atoms with Crippen molar-refractivity contribution in [2.75, 3.05) is 26.0 Å². The van der Waals surface area contributed by atoms with Gasteiger partial charge in [0.25, 0.3) is 0 Å². The summed E-state index contributed by atoms with van der Waals surface area (Å²) in [6.07, 6.45) is 0.428. The summed E-state index contributed by atoms with van der Waals surface area (Å²) in [6.45, 7) is 4.53. The van der Waals surface area contributed by atoms with Crippen molar-refractivity contribution < 1.29 is 9.53 Å². The fourth-order valence-corrected chi connectivity index (χ4v) is 1.52. The molecule has 0 spiro atoms. The van der Waals surface area contributed by atoms with E-state index in [0.29, 0.717) is 12.6 Å². The Morgan fingerprint density at radius 1 is 1.44 bits per heavy atom. The van der Waals surface area contributed by atoms with Crippen LogP contribution in [0.3, 0.4) is 0 Å². The van der Waals surface area contributed by atoms with E-state index < -0.39 is 6.09 Å².